The van der Waals surface area contributed by atoms with Crippen molar-refractivity contribution in [1.29, 1.82) is 0 Å². The minimum absolute atomic E-state index is 0. The molecule has 9 rings (SSSR count). The molecule has 3 nitrogen and oxygen atoms in total. The van der Waals surface area contributed by atoms with Crippen LogP contribution in [0.3, 0.4) is 0 Å². The summed E-state index contributed by atoms with van der Waals surface area (Å²) in [7, 11) is -2.56. The molecule has 0 atom stereocenters. The molecule has 1 aliphatic heterocycles. The largest absolute Gasteiger partial charge is 1.00 e. The first-order valence-electron chi connectivity index (χ1n) is 21.5. The maximum Gasteiger partial charge on any atom is 1.00 e. The Labute approximate surface area is 422 Å². The van der Waals surface area contributed by atoms with Gasteiger partial charge >= 0.3 is 17.1 Å². The number of ether oxygens (including phenoxy) is 1. The molecule has 0 N–H and O–H groups in total. The zero-order chi connectivity index (χ0) is 48.3. The number of alkyl halides is 2. The van der Waals surface area contributed by atoms with Crippen molar-refractivity contribution in [2.24, 2.45) is 4.99 Å². The fourth-order valence-corrected chi connectivity index (χ4v) is 13.4. The van der Waals surface area contributed by atoms with E-state index in [1.54, 1.807) is 39.8 Å². The first-order chi connectivity index (χ1) is 32.9. The van der Waals surface area contributed by atoms with Crippen LogP contribution < -0.4 is 41.5 Å². The van der Waals surface area contributed by atoms with Crippen molar-refractivity contribution in [3.05, 3.63) is 245 Å². The number of aromatic nitrogens is 1. The Kier molecular flexibility index (Phi) is 18.9. The summed E-state index contributed by atoms with van der Waals surface area (Å²) in [5.74, 6) is -8.16. The number of rotatable bonds is 10. The third-order valence-corrected chi connectivity index (χ3v) is 16.4. The number of aliphatic imine (C=N–C) groups is 1. The molecule has 2 heterocycles. The predicted molar refractivity (Wildman–Crippen MR) is 278 cm³/mol. The monoisotopic (exact) mass is 1050 g/mol. The van der Waals surface area contributed by atoms with Crippen molar-refractivity contribution in [3.8, 4) is 11.5 Å². The van der Waals surface area contributed by atoms with Crippen molar-refractivity contribution < 1.29 is 43.8 Å². The molecule has 13 heteroatoms. The molecule has 69 heavy (non-hydrogen) atoms. The number of hydrogen-bond acceptors (Lipinski definition) is 2. The molecule has 0 aliphatic carbocycles. The Morgan fingerprint density at radius 1 is 0.522 bits per heavy atom. The van der Waals surface area contributed by atoms with Gasteiger partial charge < -0.3 is 9.72 Å². The van der Waals surface area contributed by atoms with E-state index in [4.69, 9.17) is 27.9 Å². The van der Waals surface area contributed by atoms with E-state index in [1.165, 1.54) is 31.8 Å². The summed E-state index contributed by atoms with van der Waals surface area (Å²) >= 11 is 9.53. The van der Waals surface area contributed by atoms with Gasteiger partial charge in [-0.25, -0.2) is 22.0 Å². The summed E-state index contributed by atoms with van der Waals surface area (Å²) in [6.45, 7) is 6.63. The first-order valence-corrected chi connectivity index (χ1v) is 25.6. The van der Waals surface area contributed by atoms with Crippen LogP contribution in [0.5, 0.6) is 11.5 Å². The van der Waals surface area contributed by atoms with Crippen LogP contribution in [-0.4, -0.2) is 11.1 Å². The minimum Gasteiger partial charge on any atom is -0.661 e. The fourth-order valence-electron chi connectivity index (χ4n) is 8.05. The van der Waals surface area contributed by atoms with E-state index in [-0.39, 0.29) is 39.4 Å². The molecule has 1 aliphatic rings. The SMILES string of the molecule is CC1=CC(C)=N/C1=C(\c1[n-]c(C)cc1C)c1c(F)c(F)c(F)c(F)c1F.ClCCl.[Cu+].c1ccc([PH+](c2ccccc2)c2ccccc2Oc2ccccc2[PH+](c2ccccc2)c2ccccc2)cc1. The average Bonchev–Trinajstić information content (AvgIpc) is 3.88. The van der Waals surface area contributed by atoms with Crippen molar-refractivity contribution in [1.82, 2.24) is 4.98 Å². The predicted octanol–water partition coefficient (Wildman–Crippen LogP) is 13.0. The van der Waals surface area contributed by atoms with E-state index < -0.39 is 50.5 Å². The van der Waals surface area contributed by atoms with E-state index in [9.17, 15) is 22.0 Å². The Morgan fingerprint density at radius 3 is 1.20 bits per heavy atom. The Bertz CT molecular complexity index is 2870. The van der Waals surface area contributed by atoms with Gasteiger partial charge in [0.1, 0.15) is 47.7 Å². The van der Waals surface area contributed by atoms with Crippen molar-refractivity contribution >= 4 is 82.2 Å². The van der Waals surface area contributed by atoms with Crippen molar-refractivity contribution in [3.63, 3.8) is 0 Å². The van der Waals surface area contributed by atoms with Gasteiger partial charge in [0.25, 0.3) is 0 Å². The minimum atomic E-state index is -2.20. The van der Waals surface area contributed by atoms with Gasteiger partial charge in [-0.15, -0.1) is 28.9 Å². The summed E-state index contributed by atoms with van der Waals surface area (Å²) in [5, 5.41) is 8.08. The Balaban J connectivity index is 0.000000227. The van der Waals surface area contributed by atoms with Crippen molar-refractivity contribution in [2.75, 3.05) is 5.34 Å². The number of halogens is 7. The molecule has 0 bridgehead atoms. The molecule has 0 radical (unpaired) electrons. The second kappa shape index (κ2) is 24.8. The van der Waals surface area contributed by atoms with E-state index >= 15 is 0 Å². The van der Waals surface area contributed by atoms with E-state index in [0.29, 0.717) is 22.5 Å². The molecule has 8 aromatic rings. The number of nitrogens with zero attached hydrogens (tertiary/aromatic N) is 2. The van der Waals surface area contributed by atoms with Crippen LogP contribution in [0.2, 0.25) is 0 Å². The van der Waals surface area contributed by atoms with Crippen LogP contribution >= 0.6 is 39.0 Å². The number of hydrogen-bond donors (Lipinski definition) is 0. The van der Waals surface area contributed by atoms with Gasteiger partial charge in [-0.1, -0.05) is 116 Å². The molecule has 0 amide bonds. The number of allylic oxidation sites excluding steroid dienone is 2. The molecule has 1 aromatic heterocycles. The molecular formula is C56H46Cl2CuF5N2OP2+2. The molecule has 7 aromatic carbocycles. The topological polar surface area (TPSA) is 35.7 Å². The normalized spacial score (nSPS) is 12.5. The molecule has 354 valence electrons. The van der Waals surface area contributed by atoms with Crippen LogP contribution in [0.15, 0.2) is 198 Å². The average molecular weight is 1050 g/mol. The summed E-state index contributed by atoms with van der Waals surface area (Å²) in [6, 6.07) is 62.2. The smallest absolute Gasteiger partial charge is 0.661 e. The van der Waals surface area contributed by atoms with Crippen LogP contribution in [0, 0.1) is 42.9 Å². The van der Waals surface area contributed by atoms with E-state index in [1.807, 2.05) is 0 Å². The molecule has 0 saturated carbocycles. The van der Waals surface area contributed by atoms with Crippen LogP contribution in [0.4, 0.5) is 22.0 Å². The van der Waals surface area contributed by atoms with Gasteiger partial charge in [-0.2, -0.15) is 5.69 Å². The standard InChI is InChI=1S/C36H28OP2.C19H14F5N2.CH2Cl2.Cu/c1-5-17-29(18-6-1)38(30-19-7-2-8-20-30)35-27-15-13-25-33(35)37-34-26-14-16-28-36(34)39(31-21-9-3-10-22-31)32-23-11-4-12-24-32;1-7-5-9(3)25-18(7)12(19-8(2)6-10(4)26-19)11-13(20)15(22)17(24)16(23)14(11)21;2-1-3;/h1-28H;5-6H,1-4H3;1H2;/q;-1;;+1/p+2/b;18-12-;;. The molecule has 0 saturated heterocycles. The second-order valence-electron chi connectivity index (χ2n) is 15.6. The molecule has 0 unspecified atom stereocenters. The quantitative estimate of drug-likeness (QED) is 0.0342. The van der Waals surface area contributed by atoms with Gasteiger partial charge in [-0.05, 0) is 111 Å². The van der Waals surface area contributed by atoms with Gasteiger partial charge in [0, 0.05) is 5.71 Å². The molecular weight excluding hydrogens is 1010 g/mol. The zero-order valence-electron chi connectivity index (χ0n) is 37.8. The van der Waals surface area contributed by atoms with E-state index in [0.717, 1.165) is 11.5 Å². The van der Waals surface area contributed by atoms with Gasteiger partial charge in [-0.3, -0.25) is 4.99 Å². The van der Waals surface area contributed by atoms with Crippen LogP contribution in [-0.2, 0) is 17.1 Å². The third kappa shape index (κ3) is 12.2. The number of benzene rings is 7. The maximum absolute atomic E-state index is 14.5. The Hall–Kier alpha value is -5.62. The molecule has 0 fully saturated rings. The summed E-state index contributed by atoms with van der Waals surface area (Å²) in [4.78, 5) is 8.46. The first kappa shape index (κ1) is 52.7. The number of para-hydroxylation sites is 2. The maximum atomic E-state index is 14.5. The second-order valence-corrected chi connectivity index (χ2v) is 21.3. The summed E-state index contributed by atoms with van der Waals surface area (Å²) < 4.78 is 77.0. The zero-order valence-corrected chi connectivity index (χ0v) is 42.2. The van der Waals surface area contributed by atoms with Gasteiger partial charge in [0.15, 0.2) is 34.8 Å². The summed E-state index contributed by atoms with van der Waals surface area (Å²) in [5.41, 5.74) is 1.22. The fraction of sp³-hybridized carbons (Fsp3) is 0.0893. The summed E-state index contributed by atoms with van der Waals surface area (Å²) in [6.07, 6.45) is 1.66. The van der Waals surface area contributed by atoms with Crippen molar-refractivity contribution in [2.45, 2.75) is 27.7 Å². The van der Waals surface area contributed by atoms with Crippen LogP contribution in [0.25, 0.3) is 5.57 Å². The molecule has 0 spiro atoms. The van der Waals surface area contributed by atoms with Crippen LogP contribution in [0.1, 0.15) is 36.4 Å². The number of aryl methyl sites for hydroxylation is 2. The van der Waals surface area contributed by atoms with E-state index in [2.05, 4.69) is 180 Å². The van der Waals surface area contributed by atoms with Gasteiger partial charge in [0.2, 0.25) is 5.82 Å². The third-order valence-electron chi connectivity index (χ3n) is 10.9. The Morgan fingerprint density at radius 2 is 0.870 bits per heavy atom. The van der Waals surface area contributed by atoms with Gasteiger partial charge in [0.05, 0.1) is 16.6 Å².